The van der Waals surface area contributed by atoms with Crippen molar-refractivity contribution in [2.24, 2.45) is 4.99 Å². The Morgan fingerprint density at radius 1 is 1.33 bits per heavy atom. The van der Waals surface area contributed by atoms with Gasteiger partial charge in [0.1, 0.15) is 6.61 Å². The second kappa shape index (κ2) is 5.44. The molecule has 0 aromatic heterocycles. The summed E-state index contributed by atoms with van der Waals surface area (Å²) in [7, 11) is 0. The molecule has 1 aromatic rings. The molecule has 0 aliphatic carbocycles. The largest absolute Gasteiger partial charge is 0.476 e. The van der Waals surface area contributed by atoms with Crippen LogP contribution in [0.15, 0.2) is 29.3 Å². The van der Waals surface area contributed by atoms with Gasteiger partial charge < -0.3 is 9.47 Å². The minimum atomic E-state index is -0.834. The van der Waals surface area contributed by atoms with Crippen LogP contribution in [0.25, 0.3) is 0 Å². The van der Waals surface area contributed by atoms with Crippen molar-refractivity contribution in [3.05, 3.63) is 35.4 Å². The Labute approximate surface area is 104 Å². The molecular formula is C13H13NO4. The molecule has 5 heteroatoms. The predicted molar refractivity (Wildman–Crippen MR) is 64.8 cm³/mol. The number of ether oxygens (including phenoxy) is 2. The fourth-order valence-corrected chi connectivity index (χ4v) is 1.59. The van der Waals surface area contributed by atoms with Gasteiger partial charge in [0.25, 0.3) is 5.78 Å². The number of aliphatic imine (C=N–C) groups is 1. The smallest absolute Gasteiger partial charge is 0.379 e. The lowest BCUT2D eigenvalue weighted by molar-refractivity contribution is -0.137. The van der Waals surface area contributed by atoms with Crippen molar-refractivity contribution in [2.45, 2.75) is 6.92 Å². The van der Waals surface area contributed by atoms with Crippen LogP contribution in [-0.4, -0.2) is 37.4 Å². The van der Waals surface area contributed by atoms with E-state index in [0.717, 1.165) is 5.56 Å². The van der Waals surface area contributed by atoms with Crippen LogP contribution in [0.3, 0.4) is 0 Å². The number of nitrogens with zero attached hydrogens (tertiary/aromatic N) is 1. The Bertz CT molecular complexity index is 490. The maximum atomic E-state index is 11.6. The van der Waals surface area contributed by atoms with E-state index in [1.54, 1.807) is 31.2 Å². The van der Waals surface area contributed by atoms with E-state index in [9.17, 15) is 9.59 Å². The summed E-state index contributed by atoms with van der Waals surface area (Å²) < 4.78 is 9.95. The molecule has 5 nitrogen and oxygen atoms in total. The molecule has 0 unspecified atom stereocenters. The minimum Gasteiger partial charge on any atom is -0.476 e. The number of carbonyl (C=O) groups excluding carboxylic acids is 2. The number of hydrogen-bond donors (Lipinski definition) is 0. The summed E-state index contributed by atoms with van der Waals surface area (Å²) in [5, 5.41) is 0. The van der Waals surface area contributed by atoms with Crippen molar-refractivity contribution >= 4 is 17.7 Å². The Kier molecular flexibility index (Phi) is 3.72. The standard InChI is InChI=1S/C13H13NO4/c1-2-17-13(16)11(15)9-3-5-10(6-4-9)12-14-7-8-18-12/h3-6H,2,7-8H2,1H3. The first-order valence-corrected chi connectivity index (χ1v) is 5.71. The number of Topliss-reactive ketones (excluding diaryl/α,β-unsaturated/α-hetero) is 1. The van der Waals surface area contributed by atoms with E-state index >= 15 is 0 Å². The molecular weight excluding hydrogens is 234 g/mol. The van der Waals surface area contributed by atoms with Crippen molar-refractivity contribution in [1.82, 2.24) is 0 Å². The molecule has 0 saturated carbocycles. The highest BCUT2D eigenvalue weighted by Crippen LogP contribution is 2.10. The van der Waals surface area contributed by atoms with Crippen molar-refractivity contribution in [3.8, 4) is 0 Å². The topological polar surface area (TPSA) is 65.0 Å². The number of carbonyl (C=O) groups is 2. The molecule has 18 heavy (non-hydrogen) atoms. The fourth-order valence-electron chi connectivity index (χ4n) is 1.59. The van der Waals surface area contributed by atoms with Gasteiger partial charge in [0.2, 0.25) is 5.90 Å². The van der Waals surface area contributed by atoms with Crippen molar-refractivity contribution < 1.29 is 19.1 Å². The summed E-state index contributed by atoms with van der Waals surface area (Å²) in [6.45, 7) is 3.08. The molecule has 1 aromatic carbocycles. The van der Waals surface area contributed by atoms with Crippen LogP contribution in [-0.2, 0) is 14.3 Å². The Hall–Kier alpha value is -2.17. The van der Waals surface area contributed by atoms with Gasteiger partial charge in [-0.25, -0.2) is 9.79 Å². The normalized spacial score (nSPS) is 13.7. The van der Waals surface area contributed by atoms with Gasteiger partial charge in [0, 0.05) is 11.1 Å². The molecule has 0 atom stereocenters. The number of benzene rings is 1. The third-order valence-electron chi connectivity index (χ3n) is 2.44. The average molecular weight is 247 g/mol. The predicted octanol–water partition coefficient (Wildman–Crippen LogP) is 1.21. The molecule has 94 valence electrons. The van der Waals surface area contributed by atoms with E-state index in [2.05, 4.69) is 9.73 Å². The molecule has 0 saturated heterocycles. The number of rotatable bonds is 4. The zero-order valence-corrected chi connectivity index (χ0v) is 10.0. The zero-order chi connectivity index (χ0) is 13.0. The van der Waals surface area contributed by atoms with E-state index in [4.69, 9.17) is 4.74 Å². The second-order valence-corrected chi connectivity index (χ2v) is 3.66. The number of hydrogen-bond acceptors (Lipinski definition) is 5. The molecule has 0 N–H and O–H groups in total. The van der Waals surface area contributed by atoms with E-state index in [-0.39, 0.29) is 6.61 Å². The summed E-state index contributed by atoms with van der Waals surface area (Å²) >= 11 is 0. The summed E-state index contributed by atoms with van der Waals surface area (Å²) in [6, 6.07) is 6.55. The molecule has 0 fully saturated rings. The SMILES string of the molecule is CCOC(=O)C(=O)c1ccc(C2=NCCO2)cc1. The minimum absolute atomic E-state index is 0.188. The number of ketones is 1. The van der Waals surface area contributed by atoms with Gasteiger partial charge in [-0.05, 0) is 31.2 Å². The van der Waals surface area contributed by atoms with Gasteiger partial charge in [-0.15, -0.1) is 0 Å². The lowest BCUT2D eigenvalue weighted by Crippen LogP contribution is -2.17. The summed E-state index contributed by atoms with van der Waals surface area (Å²) in [5.74, 6) is -0.900. The molecule has 0 spiro atoms. The molecule has 1 heterocycles. The molecule has 2 rings (SSSR count). The lowest BCUT2D eigenvalue weighted by Gasteiger charge is -2.03. The second-order valence-electron chi connectivity index (χ2n) is 3.66. The molecule has 1 aliphatic heterocycles. The summed E-state index contributed by atoms with van der Waals surface area (Å²) in [6.07, 6.45) is 0. The molecule has 0 bridgehead atoms. The van der Waals surface area contributed by atoms with Crippen LogP contribution >= 0.6 is 0 Å². The van der Waals surface area contributed by atoms with E-state index in [1.807, 2.05) is 0 Å². The van der Waals surface area contributed by atoms with Crippen LogP contribution in [0.5, 0.6) is 0 Å². The summed E-state index contributed by atoms with van der Waals surface area (Å²) in [5.41, 5.74) is 1.10. The van der Waals surface area contributed by atoms with Gasteiger partial charge >= 0.3 is 5.97 Å². The van der Waals surface area contributed by atoms with Crippen molar-refractivity contribution in [3.63, 3.8) is 0 Å². The highest BCUT2D eigenvalue weighted by molar-refractivity contribution is 6.40. The lowest BCUT2D eigenvalue weighted by atomic mass is 10.1. The third kappa shape index (κ3) is 2.56. The highest BCUT2D eigenvalue weighted by atomic mass is 16.5. The van der Waals surface area contributed by atoms with Gasteiger partial charge in [0.15, 0.2) is 0 Å². The maximum Gasteiger partial charge on any atom is 0.379 e. The summed E-state index contributed by atoms with van der Waals surface area (Å²) in [4.78, 5) is 27.1. The van der Waals surface area contributed by atoms with Crippen LogP contribution < -0.4 is 0 Å². The monoisotopic (exact) mass is 247 g/mol. The van der Waals surface area contributed by atoms with Crippen LogP contribution in [0.4, 0.5) is 0 Å². The molecule has 0 amide bonds. The van der Waals surface area contributed by atoms with Crippen LogP contribution in [0.1, 0.15) is 22.8 Å². The highest BCUT2D eigenvalue weighted by Gasteiger charge is 2.18. The first kappa shape index (κ1) is 12.3. The maximum absolute atomic E-state index is 11.6. The zero-order valence-electron chi connectivity index (χ0n) is 10.0. The van der Waals surface area contributed by atoms with Gasteiger partial charge in [-0.1, -0.05) is 0 Å². The van der Waals surface area contributed by atoms with Crippen molar-refractivity contribution in [1.29, 1.82) is 0 Å². The van der Waals surface area contributed by atoms with Gasteiger partial charge in [0.05, 0.1) is 13.2 Å². The average Bonchev–Trinajstić information content (AvgIpc) is 2.92. The van der Waals surface area contributed by atoms with Crippen molar-refractivity contribution in [2.75, 3.05) is 19.8 Å². The number of esters is 1. The van der Waals surface area contributed by atoms with E-state index in [1.165, 1.54) is 0 Å². The van der Waals surface area contributed by atoms with E-state index in [0.29, 0.717) is 24.6 Å². The van der Waals surface area contributed by atoms with E-state index < -0.39 is 11.8 Å². The quantitative estimate of drug-likeness (QED) is 0.455. The first-order chi connectivity index (χ1) is 8.72. The molecule has 1 aliphatic rings. The van der Waals surface area contributed by atoms with Crippen LogP contribution in [0, 0.1) is 0 Å². The third-order valence-corrected chi connectivity index (χ3v) is 2.44. The Morgan fingerprint density at radius 2 is 2.06 bits per heavy atom. The Morgan fingerprint density at radius 3 is 2.61 bits per heavy atom. The fraction of sp³-hybridized carbons (Fsp3) is 0.308. The first-order valence-electron chi connectivity index (χ1n) is 5.71. The molecule has 0 radical (unpaired) electrons. The Balaban J connectivity index is 2.12. The van der Waals surface area contributed by atoms with Gasteiger partial charge in [-0.3, -0.25) is 4.79 Å². The van der Waals surface area contributed by atoms with Crippen LogP contribution in [0.2, 0.25) is 0 Å². The van der Waals surface area contributed by atoms with Gasteiger partial charge in [-0.2, -0.15) is 0 Å².